The molecule has 0 unspecified atom stereocenters. The quantitative estimate of drug-likeness (QED) is 0.778. The Hall–Kier alpha value is -1.92. The number of aromatic nitrogens is 2. The van der Waals surface area contributed by atoms with Crippen molar-refractivity contribution in [3.63, 3.8) is 0 Å². The van der Waals surface area contributed by atoms with Crippen molar-refractivity contribution < 1.29 is 9.53 Å². The maximum absolute atomic E-state index is 11.7. The lowest BCUT2D eigenvalue weighted by molar-refractivity contribution is -0.121. The lowest BCUT2D eigenvalue weighted by Gasteiger charge is -2.09. The third-order valence-electron chi connectivity index (χ3n) is 3.04. The normalized spacial score (nSPS) is 10.9. The summed E-state index contributed by atoms with van der Waals surface area (Å²) in [5.74, 6) is 0.830. The molecule has 2 aromatic rings. The fraction of sp³-hybridized carbons (Fsp3) is 0.429. The molecule has 108 valence electrons. The van der Waals surface area contributed by atoms with E-state index in [0.29, 0.717) is 32.7 Å². The molecule has 0 radical (unpaired) electrons. The van der Waals surface area contributed by atoms with Gasteiger partial charge in [0.15, 0.2) is 0 Å². The van der Waals surface area contributed by atoms with Crippen LogP contribution < -0.4 is 11.1 Å². The standard InChI is InChI=1S/C14H20N4O2/c1-20-10-13-17-11-4-2-3-5-12(11)18(13)9-6-14(19)16-8-7-15/h2-5H,6-10,15H2,1H3,(H,16,19). The van der Waals surface area contributed by atoms with Gasteiger partial charge in [0.05, 0.1) is 11.0 Å². The number of nitrogens with zero attached hydrogens (tertiary/aromatic N) is 2. The Morgan fingerprint density at radius 1 is 1.45 bits per heavy atom. The summed E-state index contributed by atoms with van der Waals surface area (Å²) in [5, 5.41) is 2.77. The number of imidazole rings is 1. The molecular weight excluding hydrogens is 256 g/mol. The number of nitrogens with two attached hydrogens (primary N) is 1. The average Bonchev–Trinajstić information content (AvgIpc) is 2.81. The van der Waals surface area contributed by atoms with Gasteiger partial charge in [-0.3, -0.25) is 4.79 Å². The Kier molecular flexibility index (Phi) is 5.09. The van der Waals surface area contributed by atoms with E-state index in [2.05, 4.69) is 10.3 Å². The molecule has 6 nitrogen and oxygen atoms in total. The predicted octanol–water partition coefficient (Wildman–Crippen LogP) is 0.648. The number of hydrogen-bond acceptors (Lipinski definition) is 4. The van der Waals surface area contributed by atoms with E-state index in [1.807, 2.05) is 28.8 Å². The SMILES string of the molecule is COCc1nc2ccccc2n1CCC(=O)NCCN. The molecule has 0 saturated carbocycles. The topological polar surface area (TPSA) is 82.2 Å². The first-order valence-corrected chi connectivity index (χ1v) is 6.66. The molecule has 1 amide bonds. The zero-order valence-corrected chi connectivity index (χ0v) is 11.6. The third kappa shape index (κ3) is 3.34. The fourth-order valence-corrected chi connectivity index (χ4v) is 2.13. The van der Waals surface area contributed by atoms with Crippen LogP contribution in [0.25, 0.3) is 11.0 Å². The highest BCUT2D eigenvalue weighted by atomic mass is 16.5. The van der Waals surface area contributed by atoms with E-state index >= 15 is 0 Å². The summed E-state index contributed by atoms with van der Waals surface area (Å²) in [5.41, 5.74) is 7.30. The van der Waals surface area contributed by atoms with Crippen LogP contribution in [0, 0.1) is 0 Å². The van der Waals surface area contributed by atoms with Crippen molar-refractivity contribution in [1.29, 1.82) is 0 Å². The molecule has 0 aliphatic carbocycles. The number of amides is 1. The maximum atomic E-state index is 11.7. The highest BCUT2D eigenvalue weighted by Crippen LogP contribution is 2.17. The van der Waals surface area contributed by atoms with Crippen molar-refractivity contribution >= 4 is 16.9 Å². The molecule has 20 heavy (non-hydrogen) atoms. The molecule has 2 rings (SSSR count). The molecule has 1 heterocycles. The van der Waals surface area contributed by atoms with Gasteiger partial charge in [-0.15, -0.1) is 0 Å². The summed E-state index contributed by atoms with van der Waals surface area (Å²) in [4.78, 5) is 16.2. The van der Waals surface area contributed by atoms with Crippen LogP contribution in [0.1, 0.15) is 12.2 Å². The van der Waals surface area contributed by atoms with E-state index in [4.69, 9.17) is 10.5 Å². The van der Waals surface area contributed by atoms with Crippen molar-refractivity contribution in [2.45, 2.75) is 19.6 Å². The smallest absolute Gasteiger partial charge is 0.221 e. The molecule has 3 N–H and O–H groups in total. The number of hydrogen-bond donors (Lipinski definition) is 2. The Morgan fingerprint density at radius 2 is 2.25 bits per heavy atom. The van der Waals surface area contributed by atoms with Gasteiger partial charge in [-0.2, -0.15) is 0 Å². The summed E-state index contributed by atoms with van der Waals surface area (Å²) in [6.07, 6.45) is 0.400. The minimum Gasteiger partial charge on any atom is -0.377 e. The van der Waals surface area contributed by atoms with Crippen molar-refractivity contribution in [1.82, 2.24) is 14.9 Å². The van der Waals surface area contributed by atoms with Crippen molar-refractivity contribution in [3.8, 4) is 0 Å². The molecule has 0 aliphatic heterocycles. The van der Waals surface area contributed by atoms with E-state index in [9.17, 15) is 4.79 Å². The van der Waals surface area contributed by atoms with Crippen molar-refractivity contribution in [2.75, 3.05) is 20.2 Å². The number of aryl methyl sites for hydroxylation is 1. The monoisotopic (exact) mass is 276 g/mol. The molecule has 1 aromatic carbocycles. The fourth-order valence-electron chi connectivity index (χ4n) is 2.13. The molecule has 0 spiro atoms. The number of rotatable bonds is 7. The van der Waals surface area contributed by atoms with Gasteiger partial charge >= 0.3 is 0 Å². The summed E-state index contributed by atoms with van der Waals surface area (Å²) in [6.45, 7) is 1.97. The summed E-state index contributed by atoms with van der Waals surface area (Å²) < 4.78 is 7.20. The predicted molar refractivity (Wildman–Crippen MR) is 77.1 cm³/mol. The number of benzene rings is 1. The summed E-state index contributed by atoms with van der Waals surface area (Å²) >= 11 is 0. The second-order valence-electron chi connectivity index (χ2n) is 4.49. The molecule has 0 bridgehead atoms. The van der Waals surface area contributed by atoms with Gasteiger partial charge in [0.25, 0.3) is 0 Å². The van der Waals surface area contributed by atoms with Crippen LogP contribution in [0.3, 0.4) is 0 Å². The number of para-hydroxylation sites is 2. The van der Waals surface area contributed by atoms with Crippen molar-refractivity contribution in [3.05, 3.63) is 30.1 Å². The molecule has 6 heteroatoms. The highest BCUT2D eigenvalue weighted by molar-refractivity contribution is 5.78. The highest BCUT2D eigenvalue weighted by Gasteiger charge is 2.11. The number of nitrogens with one attached hydrogen (secondary N) is 1. The third-order valence-corrected chi connectivity index (χ3v) is 3.04. The lowest BCUT2D eigenvalue weighted by Crippen LogP contribution is -2.29. The van der Waals surface area contributed by atoms with Crippen LogP contribution in [-0.2, 0) is 22.7 Å². The van der Waals surface area contributed by atoms with Gasteiger partial charge in [0.1, 0.15) is 12.4 Å². The number of ether oxygens (including phenoxy) is 1. The number of carbonyl (C=O) groups excluding carboxylic acids is 1. The van der Waals surface area contributed by atoms with Gasteiger partial charge in [-0.1, -0.05) is 12.1 Å². The molecular formula is C14H20N4O2. The number of fused-ring (bicyclic) bond motifs is 1. The minimum absolute atomic E-state index is 0.00315. The van der Waals surface area contributed by atoms with Crippen molar-refractivity contribution in [2.24, 2.45) is 5.73 Å². The zero-order valence-electron chi connectivity index (χ0n) is 11.6. The Morgan fingerprint density at radius 3 is 3.00 bits per heavy atom. The second-order valence-corrected chi connectivity index (χ2v) is 4.49. The van der Waals surface area contributed by atoms with Crippen LogP contribution >= 0.6 is 0 Å². The van der Waals surface area contributed by atoms with E-state index in [-0.39, 0.29) is 5.91 Å². The summed E-state index contributed by atoms with van der Waals surface area (Å²) in [6, 6.07) is 7.87. The van der Waals surface area contributed by atoms with Gasteiger partial charge in [-0.25, -0.2) is 4.98 Å². The zero-order chi connectivity index (χ0) is 14.4. The van der Waals surface area contributed by atoms with Crippen LogP contribution in [0.15, 0.2) is 24.3 Å². The van der Waals surface area contributed by atoms with Crippen LogP contribution in [0.5, 0.6) is 0 Å². The molecule has 1 aromatic heterocycles. The van der Waals surface area contributed by atoms with E-state index < -0.39 is 0 Å². The van der Waals surface area contributed by atoms with Gasteiger partial charge in [-0.05, 0) is 12.1 Å². The van der Waals surface area contributed by atoms with E-state index in [1.54, 1.807) is 7.11 Å². The molecule has 0 saturated heterocycles. The van der Waals surface area contributed by atoms with E-state index in [1.165, 1.54) is 0 Å². The first kappa shape index (κ1) is 14.5. The summed E-state index contributed by atoms with van der Waals surface area (Å²) in [7, 11) is 1.64. The minimum atomic E-state index is -0.00315. The van der Waals surface area contributed by atoms with Crippen LogP contribution in [0.2, 0.25) is 0 Å². The Balaban J connectivity index is 2.14. The Bertz CT molecular complexity index is 580. The number of carbonyl (C=O) groups is 1. The second kappa shape index (κ2) is 7.02. The Labute approximate surface area is 117 Å². The first-order valence-electron chi connectivity index (χ1n) is 6.66. The van der Waals surface area contributed by atoms with Crippen LogP contribution in [-0.4, -0.2) is 35.7 Å². The van der Waals surface area contributed by atoms with E-state index in [0.717, 1.165) is 16.9 Å². The maximum Gasteiger partial charge on any atom is 0.221 e. The molecule has 0 fully saturated rings. The molecule has 0 aliphatic rings. The van der Waals surface area contributed by atoms with Gasteiger partial charge < -0.3 is 20.4 Å². The number of methoxy groups -OCH3 is 1. The van der Waals surface area contributed by atoms with Crippen LogP contribution in [0.4, 0.5) is 0 Å². The van der Waals surface area contributed by atoms with Gasteiger partial charge in [0, 0.05) is 33.2 Å². The average molecular weight is 276 g/mol. The first-order chi connectivity index (χ1) is 9.76. The van der Waals surface area contributed by atoms with Gasteiger partial charge in [0.2, 0.25) is 5.91 Å². The lowest BCUT2D eigenvalue weighted by atomic mass is 10.3. The molecule has 0 atom stereocenters. The largest absolute Gasteiger partial charge is 0.377 e.